The molecule has 2 aromatic rings. The topological polar surface area (TPSA) is 49.4 Å². The number of carbonyl (C=O) groups excluding carboxylic acids is 2. The minimum absolute atomic E-state index is 0.196. The lowest BCUT2D eigenvalue weighted by atomic mass is 9.98. The summed E-state index contributed by atoms with van der Waals surface area (Å²) in [7, 11) is 0. The monoisotopic (exact) mass is 434 g/mol. The molecule has 4 nitrogen and oxygen atoms in total. The van der Waals surface area contributed by atoms with Crippen LogP contribution in [0, 0.1) is 18.6 Å². The van der Waals surface area contributed by atoms with Crippen LogP contribution in [0.2, 0.25) is 0 Å². The Bertz CT molecular complexity index is 1020. The molecule has 31 heavy (non-hydrogen) atoms. The number of aryl methyl sites for hydroxylation is 1. The Labute approximate surface area is 177 Å². The van der Waals surface area contributed by atoms with Gasteiger partial charge in [-0.05, 0) is 74.9 Å². The van der Waals surface area contributed by atoms with E-state index in [1.54, 1.807) is 0 Å². The van der Waals surface area contributed by atoms with E-state index in [0.717, 1.165) is 30.7 Å². The highest BCUT2D eigenvalue weighted by Crippen LogP contribution is 2.41. The number of piperidine rings is 1. The zero-order valence-corrected chi connectivity index (χ0v) is 16.9. The lowest BCUT2D eigenvalue weighted by Crippen LogP contribution is -2.50. The third kappa shape index (κ3) is 3.79. The summed E-state index contributed by atoms with van der Waals surface area (Å²) in [5.41, 5.74) is -1.28. The maximum Gasteiger partial charge on any atom is 0.352 e. The van der Waals surface area contributed by atoms with Gasteiger partial charge in [-0.15, -0.1) is 0 Å². The van der Waals surface area contributed by atoms with E-state index in [0.29, 0.717) is 25.7 Å². The zero-order valence-electron chi connectivity index (χ0n) is 16.9. The van der Waals surface area contributed by atoms with Gasteiger partial charge in [0, 0.05) is 17.8 Å². The van der Waals surface area contributed by atoms with Gasteiger partial charge in [-0.2, -0.15) is 8.78 Å². The molecule has 2 aromatic carbocycles. The average molecular weight is 434 g/mol. The highest BCUT2D eigenvalue weighted by Gasteiger charge is 2.52. The molecular weight excluding hydrogens is 412 g/mol. The first kappa shape index (κ1) is 21.3. The number of nitrogens with zero attached hydrogens (tertiary/aromatic N) is 1. The molecule has 2 unspecified atom stereocenters. The van der Waals surface area contributed by atoms with Gasteiger partial charge in [0.2, 0.25) is 0 Å². The van der Waals surface area contributed by atoms with Gasteiger partial charge in [-0.1, -0.05) is 6.07 Å². The normalized spacial score (nSPS) is 20.6. The number of halogens is 4. The lowest BCUT2D eigenvalue weighted by molar-refractivity contribution is -0.164. The van der Waals surface area contributed by atoms with E-state index in [1.807, 2.05) is 0 Å². The fourth-order valence-electron chi connectivity index (χ4n) is 4.60. The molecule has 4 rings (SSSR count). The third-order valence-electron chi connectivity index (χ3n) is 6.20. The molecule has 0 spiro atoms. The first-order valence-corrected chi connectivity index (χ1v) is 10.3. The van der Waals surface area contributed by atoms with Crippen molar-refractivity contribution in [3.05, 3.63) is 64.7 Å². The van der Waals surface area contributed by atoms with Crippen molar-refractivity contribution in [2.45, 2.75) is 57.0 Å². The third-order valence-corrected chi connectivity index (χ3v) is 6.20. The van der Waals surface area contributed by atoms with Gasteiger partial charge in [0.15, 0.2) is 0 Å². The fraction of sp³-hybridized carbons (Fsp3) is 0.391. The standard InChI is InChI=1S/C23H22F4N2O2/c1-13-12-14(8-11-19(13)24)28-21(30)17-6-3-7-18(20(17)25)23(26,27)22(31)29-15-4-2-5-16(29)10-9-15/h3,6-8,11-12,15-16H,2,4-5,9-10H2,1H3,(H,28,30). The number of fused-ring (bicyclic) bond motifs is 2. The van der Waals surface area contributed by atoms with Gasteiger partial charge in [-0.3, -0.25) is 9.59 Å². The highest BCUT2D eigenvalue weighted by molar-refractivity contribution is 6.04. The van der Waals surface area contributed by atoms with Crippen molar-refractivity contribution in [1.82, 2.24) is 4.90 Å². The summed E-state index contributed by atoms with van der Waals surface area (Å²) >= 11 is 0. The lowest BCUT2D eigenvalue weighted by Gasteiger charge is -2.37. The first-order valence-electron chi connectivity index (χ1n) is 10.3. The molecule has 2 fully saturated rings. The molecular formula is C23H22F4N2O2. The average Bonchev–Trinajstić information content (AvgIpc) is 2.97. The first-order chi connectivity index (χ1) is 14.7. The van der Waals surface area contributed by atoms with Crippen LogP contribution in [0.25, 0.3) is 0 Å². The van der Waals surface area contributed by atoms with Crippen molar-refractivity contribution in [3.63, 3.8) is 0 Å². The second-order valence-corrected chi connectivity index (χ2v) is 8.19. The number of rotatable bonds is 4. The molecule has 2 amide bonds. The number of hydrogen-bond acceptors (Lipinski definition) is 2. The molecule has 1 N–H and O–H groups in total. The Hall–Kier alpha value is -2.90. The number of carbonyl (C=O) groups is 2. The minimum Gasteiger partial charge on any atom is -0.331 e. The molecule has 2 bridgehead atoms. The van der Waals surface area contributed by atoms with Crippen LogP contribution >= 0.6 is 0 Å². The Morgan fingerprint density at radius 3 is 2.35 bits per heavy atom. The van der Waals surface area contributed by atoms with Gasteiger partial charge >= 0.3 is 5.92 Å². The van der Waals surface area contributed by atoms with Crippen molar-refractivity contribution in [3.8, 4) is 0 Å². The number of hydrogen-bond donors (Lipinski definition) is 1. The molecule has 2 aliphatic rings. The Morgan fingerprint density at radius 2 is 1.71 bits per heavy atom. The van der Waals surface area contributed by atoms with Crippen molar-refractivity contribution < 1.29 is 27.2 Å². The van der Waals surface area contributed by atoms with Gasteiger partial charge in [0.25, 0.3) is 11.8 Å². The Morgan fingerprint density at radius 1 is 1.03 bits per heavy atom. The summed E-state index contributed by atoms with van der Waals surface area (Å²) in [6.45, 7) is 1.49. The van der Waals surface area contributed by atoms with Gasteiger partial charge < -0.3 is 10.2 Å². The van der Waals surface area contributed by atoms with Crippen LogP contribution < -0.4 is 5.32 Å². The van der Waals surface area contributed by atoms with Crippen molar-refractivity contribution >= 4 is 17.5 Å². The van der Waals surface area contributed by atoms with E-state index < -0.39 is 40.5 Å². The smallest absolute Gasteiger partial charge is 0.331 e. The number of benzene rings is 2. The fourth-order valence-corrected chi connectivity index (χ4v) is 4.60. The van der Waals surface area contributed by atoms with Gasteiger partial charge in [0.05, 0.1) is 11.1 Å². The number of anilines is 1. The molecule has 0 radical (unpaired) electrons. The zero-order chi connectivity index (χ0) is 22.3. The van der Waals surface area contributed by atoms with E-state index in [-0.39, 0.29) is 23.3 Å². The summed E-state index contributed by atoms with van der Waals surface area (Å²) < 4.78 is 58.7. The summed E-state index contributed by atoms with van der Waals surface area (Å²) in [6, 6.07) is 6.30. The van der Waals surface area contributed by atoms with Crippen LogP contribution in [-0.4, -0.2) is 28.8 Å². The van der Waals surface area contributed by atoms with Crippen LogP contribution in [0.5, 0.6) is 0 Å². The van der Waals surface area contributed by atoms with E-state index in [9.17, 15) is 14.0 Å². The Balaban J connectivity index is 1.61. The molecule has 2 atom stereocenters. The predicted octanol–water partition coefficient (Wildman–Crippen LogP) is 5.16. The molecule has 164 valence electrons. The Kier molecular flexibility index (Phi) is 5.49. The van der Waals surface area contributed by atoms with E-state index in [4.69, 9.17) is 0 Å². The summed E-state index contributed by atoms with van der Waals surface area (Å²) in [5.74, 6) is -8.39. The van der Waals surface area contributed by atoms with Gasteiger partial charge in [-0.25, -0.2) is 8.78 Å². The second-order valence-electron chi connectivity index (χ2n) is 8.19. The highest BCUT2D eigenvalue weighted by atomic mass is 19.3. The maximum absolute atomic E-state index is 15.1. The molecule has 2 heterocycles. The quantitative estimate of drug-likeness (QED) is 0.676. The summed E-state index contributed by atoms with van der Waals surface area (Å²) in [4.78, 5) is 26.5. The van der Waals surface area contributed by atoms with Crippen LogP contribution in [0.1, 0.15) is 53.6 Å². The molecule has 8 heteroatoms. The van der Waals surface area contributed by atoms with E-state index in [1.165, 1.54) is 24.0 Å². The van der Waals surface area contributed by atoms with Crippen LogP contribution in [-0.2, 0) is 10.7 Å². The van der Waals surface area contributed by atoms with Crippen LogP contribution in [0.4, 0.5) is 23.2 Å². The van der Waals surface area contributed by atoms with Gasteiger partial charge in [0.1, 0.15) is 11.6 Å². The predicted molar refractivity (Wildman–Crippen MR) is 107 cm³/mol. The molecule has 2 saturated heterocycles. The van der Waals surface area contributed by atoms with E-state index in [2.05, 4.69) is 5.32 Å². The maximum atomic E-state index is 15.1. The largest absolute Gasteiger partial charge is 0.352 e. The molecule has 0 saturated carbocycles. The molecule has 0 aliphatic carbocycles. The molecule has 2 aliphatic heterocycles. The van der Waals surface area contributed by atoms with Crippen LogP contribution in [0.3, 0.4) is 0 Å². The summed E-state index contributed by atoms with van der Waals surface area (Å²) in [6.07, 6.45) is 3.57. The molecule has 0 aromatic heterocycles. The van der Waals surface area contributed by atoms with Crippen LogP contribution in [0.15, 0.2) is 36.4 Å². The second kappa shape index (κ2) is 7.98. The van der Waals surface area contributed by atoms with Crippen molar-refractivity contribution in [2.24, 2.45) is 0 Å². The number of amides is 2. The van der Waals surface area contributed by atoms with E-state index >= 15 is 13.2 Å². The SMILES string of the molecule is Cc1cc(NC(=O)c2cccc(C(F)(F)C(=O)N3C4CCCC3CC4)c2F)ccc1F. The number of alkyl halides is 2. The van der Waals surface area contributed by atoms with Crippen molar-refractivity contribution in [2.75, 3.05) is 5.32 Å². The minimum atomic E-state index is -4.09. The summed E-state index contributed by atoms with van der Waals surface area (Å²) in [5, 5.41) is 2.38. The number of nitrogens with one attached hydrogen (secondary N) is 1. The van der Waals surface area contributed by atoms with Crippen molar-refractivity contribution in [1.29, 1.82) is 0 Å².